The number of hydrogen-bond donors (Lipinski definition) is 1. The van der Waals surface area contributed by atoms with E-state index in [1.165, 1.54) is 0 Å². The fourth-order valence-electron chi connectivity index (χ4n) is 1.73. The smallest absolute Gasteiger partial charge is 0.218 e. The maximum absolute atomic E-state index is 9.10. The van der Waals surface area contributed by atoms with Crippen molar-refractivity contribution < 1.29 is 9.47 Å². The zero-order valence-electron chi connectivity index (χ0n) is 11.3. The predicted octanol–water partition coefficient (Wildman–Crippen LogP) is 2.33. The Hall–Kier alpha value is -1.67. The second-order valence-electron chi connectivity index (χ2n) is 4.07. The Morgan fingerprint density at radius 1 is 1.44 bits per heavy atom. The Balaban J connectivity index is 2.88. The molecule has 1 atom stereocenters. The quantitative estimate of drug-likeness (QED) is 0.755. The van der Waals surface area contributed by atoms with Gasteiger partial charge in [0.15, 0.2) is 0 Å². The summed E-state index contributed by atoms with van der Waals surface area (Å²) in [5.74, 6) is 0.570. The van der Waals surface area contributed by atoms with Crippen molar-refractivity contribution in [3.05, 3.63) is 11.8 Å². The van der Waals surface area contributed by atoms with Crippen LogP contribution in [0.1, 0.15) is 38.9 Å². The van der Waals surface area contributed by atoms with Gasteiger partial charge >= 0.3 is 0 Å². The number of nitrogen functional groups attached to an aromatic ring is 1. The van der Waals surface area contributed by atoms with Crippen LogP contribution >= 0.6 is 0 Å². The van der Waals surface area contributed by atoms with Crippen molar-refractivity contribution >= 4 is 5.69 Å². The van der Waals surface area contributed by atoms with E-state index in [9.17, 15) is 0 Å². The lowest BCUT2D eigenvalue weighted by Crippen LogP contribution is -2.13. The Bertz CT molecular complexity index is 421. The highest BCUT2D eigenvalue weighted by Gasteiger charge is 2.18. The molecule has 0 bridgehead atoms. The first kappa shape index (κ1) is 14.4. The first-order valence-corrected chi connectivity index (χ1v) is 6.27. The van der Waals surface area contributed by atoms with Crippen molar-refractivity contribution in [1.29, 1.82) is 5.26 Å². The van der Waals surface area contributed by atoms with Crippen molar-refractivity contribution in [1.82, 2.24) is 4.57 Å². The normalized spacial score (nSPS) is 12.1. The summed E-state index contributed by atoms with van der Waals surface area (Å²) in [6, 6.07) is 3.98. The van der Waals surface area contributed by atoms with Gasteiger partial charge in [0.05, 0.1) is 12.3 Å². The summed E-state index contributed by atoms with van der Waals surface area (Å²) in [6.45, 7) is 7.65. The Morgan fingerprint density at radius 3 is 2.72 bits per heavy atom. The van der Waals surface area contributed by atoms with Crippen molar-refractivity contribution in [2.24, 2.45) is 0 Å². The van der Waals surface area contributed by atoms with E-state index in [0.29, 0.717) is 37.1 Å². The Morgan fingerprint density at radius 2 is 2.17 bits per heavy atom. The number of aromatic nitrogens is 1. The van der Waals surface area contributed by atoms with E-state index in [0.717, 1.165) is 6.42 Å². The van der Waals surface area contributed by atoms with Gasteiger partial charge in [0, 0.05) is 18.7 Å². The molecule has 1 rings (SSSR count). The maximum atomic E-state index is 9.10. The number of ether oxygens (including phenoxy) is 2. The first-order chi connectivity index (χ1) is 8.65. The molecule has 0 fully saturated rings. The number of nitriles is 1. The highest BCUT2D eigenvalue weighted by molar-refractivity contribution is 5.55. The Kier molecular flexibility index (Phi) is 5.53. The summed E-state index contributed by atoms with van der Waals surface area (Å²) in [6.07, 6.45) is 0.907. The number of nitrogens with two attached hydrogens (primary N) is 1. The van der Waals surface area contributed by atoms with E-state index in [-0.39, 0.29) is 6.04 Å². The topological polar surface area (TPSA) is 73.2 Å². The fraction of sp³-hybridized carbons (Fsp3) is 0.615. The zero-order valence-corrected chi connectivity index (χ0v) is 11.3. The average molecular weight is 251 g/mol. The van der Waals surface area contributed by atoms with Crippen LogP contribution in [-0.2, 0) is 4.74 Å². The molecule has 1 aromatic rings. The summed E-state index contributed by atoms with van der Waals surface area (Å²) < 4.78 is 12.7. The number of rotatable bonds is 7. The van der Waals surface area contributed by atoms with Gasteiger partial charge in [-0.2, -0.15) is 5.26 Å². The molecule has 0 radical (unpaired) electrons. The van der Waals surface area contributed by atoms with E-state index < -0.39 is 0 Å². The molecule has 0 aliphatic carbocycles. The molecule has 5 heteroatoms. The predicted molar refractivity (Wildman–Crippen MR) is 70.5 cm³/mol. The lowest BCUT2D eigenvalue weighted by Gasteiger charge is -2.17. The van der Waals surface area contributed by atoms with Gasteiger partial charge in [-0.1, -0.05) is 6.92 Å². The second kappa shape index (κ2) is 6.92. The summed E-state index contributed by atoms with van der Waals surface area (Å²) in [5, 5.41) is 9.10. The molecule has 0 spiro atoms. The fourth-order valence-corrected chi connectivity index (χ4v) is 1.73. The molecule has 18 heavy (non-hydrogen) atoms. The highest BCUT2D eigenvalue weighted by atomic mass is 16.5. The van der Waals surface area contributed by atoms with Crippen LogP contribution in [0.4, 0.5) is 5.69 Å². The van der Waals surface area contributed by atoms with Crippen LogP contribution in [0.5, 0.6) is 5.88 Å². The van der Waals surface area contributed by atoms with Crippen LogP contribution in [0.15, 0.2) is 6.07 Å². The molecular weight excluding hydrogens is 230 g/mol. The summed E-state index contributed by atoms with van der Waals surface area (Å²) in [7, 11) is 0. The molecule has 2 N–H and O–H groups in total. The van der Waals surface area contributed by atoms with Crippen molar-refractivity contribution in [3.8, 4) is 11.9 Å². The van der Waals surface area contributed by atoms with E-state index in [1.54, 1.807) is 6.07 Å². The summed E-state index contributed by atoms with van der Waals surface area (Å²) in [4.78, 5) is 0. The largest absolute Gasteiger partial charge is 0.475 e. The van der Waals surface area contributed by atoms with Gasteiger partial charge in [-0.05, 0) is 20.3 Å². The van der Waals surface area contributed by atoms with E-state index in [4.69, 9.17) is 20.5 Å². The molecule has 5 nitrogen and oxygen atoms in total. The minimum Gasteiger partial charge on any atom is -0.475 e. The van der Waals surface area contributed by atoms with Gasteiger partial charge in [0.1, 0.15) is 18.4 Å². The molecule has 0 saturated carbocycles. The number of nitrogens with zero attached hydrogens (tertiary/aromatic N) is 2. The van der Waals surface area contributed by atoms with Crippen LogP contribution in [0.3, 0.4) is 0 Å². The minimum atomic E-state index is 0.180. The number of anilines is 1. The molecule has 0 aromatic carbocycles. The number of hydrogen-bond acceptors (Lipinski definition) is 4. The van der Waals surface area contributed by atoms with Crippen LogP contribution < -0.4 is 10.5 Å². The summed E-state index contributed by atoms with van der Waals surface area (Å²) >= 11 is 0. The van der Waals surface area contributed by atoms with Crippen molar-refractivity contribution in [3.63, 3.8) is 0 Å². The standard InChI is InChI=1S/C13H21N3O2/c1-4-10(3)16-11(9-14)8-12(15)13(16)18-7-6-17-5-2/h8,10H,4-7,15H2,1-3H3. The molecular formula is C13H21N3O2. The Labute approximate surface area is 108 Å². The SMILES string of the molecule is CCOCCOc1c(N)cc(C#N)n1C(C)CC. The van der Waals surface area contributed by atoms with Gasteiger partial charge in [0.25, 0.3) is 0 Å². The minimum absolute atomic E-state index is 0.180. The molecule has 0 aliphatic rings. The molecule has 1 unspecified atom stereocenters. The molecule has 0 amide bonds. The van der Waals surface area contributed by atoms with Gasteiger partial charge < -0.3 is 15.2 Å². The third-order valence-corrected chi connectivity index (χ3v) is 2.83. The van der Waals surface area contributed by atoms with Gasteiger partial charge in [-0.15, -0.1) is 0 Å². The van der Waals surface area contributed by atoms with Crippen LogP contribution in [0, 0.1) is 11.3 Å². The molecule has 0 saturated heterocycles. The second-order valence-corrected chi connectivity index (χ2v) is 4.07. The van der Waals surface area contributed by atoms with Crippen molar-refractivity contribution in [2.75, 3.05) is 25.6 Å². The monoisotopic (exact) mass is 251 g/mol. The lowest BCUT2D eigenvalue weighted by atomic mass is 10.2. The average Bonchev–Trinajstić information content (AvgIpc) is 2.70. The van der Waals surface area contributed by atoms with E-state index in [1.807, 2.05) is 18.4 Å². The van der Waals surface area contributed by atoms with Crippen LogP contribution in [0.25, 0.3) is 0 Å². The van der Waals surface area contributed by atoms with Crippen molar-refractivity contribution in [2.45, 2.75) is 33.2 Å². The van der Waals surface area contributed by atoms with E-state index >= 15 is 0 Å². The van der Waals surface area contributed by atoms with Gasteiger partial charge in [-0.25, -0.2) is 0 Å². The van der Waals surface area contributed by atoms with Gasteiger partial charge in [-0.3, -0.25) is 4.57 Å². The third kappa shape index (κ3) is 3.17. The molecule has 100 valence electrons. The van der Waals surface area contributed by atoms with Gasteiger partial charge in [0.2, 0.25) is 5.88 Å². The molecule has 1 heterocycles. The first-order valence-electron chi connectivity index (χ1n) is 6.27. The van der Waals surface area contributed by atoms with Crippen LogP contribution in [-0.4, -0.2) is 24.4 Å². The van der Waals surface area contributed by atoms with E-state index in [2.05, 4.69) is 13.0 Å². The summed E-state index contributed by atoms with van der Waals surface area (Å²) in [5.41, 5.74) is 6.93. The lowest BCUT2D eigenvalue weighted by molar-refractivity contribution is 0.106. The molecule has 1 aromatic heterocycles. The zero-order chi connectivity index (χ0) is 13.5. The third-order valence-electron chi connectivity index (χ3n) is 2.83. The molecule has 0 aliphatic heterocycles. The van der Waals surface area contributed by atoms with Crippen LogP contribution in [0.2, 0.25) is 0 Å². The highest BCUT2D eigenvalue weighted by Crippen LogP contribution is 2.31. The maximum Gasteiger partial charge on any atom is 0.218 e.